The van der Waals surface area contributed by atoms with E-state index in [9.17, 15) is 9.59 Å². The number of nitrogens with zero attached hydrogens (tertiary/aromatic N) is 2. The molecule has 0 bridgehead atoms. The Morgan fingerprint density at radius 3 is 2.63 bits per heavy atom. The number of piperidine rings is 1. The van der Waals surface area contributed by atoms with Gasteiger partial charge in [0.2, 0.25) is 0 Å². The number of ketones is 1. The van der Waals surface area contributed by atoms with Crippen LogP contribution in [0, 0.1) is 0 Å². The van der Waals surface area contributed by atoms with E-state index in [0.29, 0.717) is 18.5 Å². The van der Waals surface area contributed by atoms with Gasteiger partial charge >= 0.3 is 5.97 Å². The number of hydrogen-bond donors (Lipinski definition) is 0. The van der Waals surface area contributed by atoms with Crippen molar-refractivity contribution in [2.24, 2.45) is 0 Å². The van der Waals surface area contributed by atoms with E-state index in [1.807, 2.05) is 0 Å². The van der Waals surface area contributed by atoms with E-state index in [2.05, 4.69) is 16.8 Å². The fourth-order valence-corrected chi connectivity index (χ4v) is 3.51. The molecule has 2 rings (SSSR count). The summed E-state index contributed by atoms with van der Waals surface area (Å²) in [5, 5.41) is 0. The minimum atomic E-state index is -0.700. The van der Waals surface area contributed by atoms with Gasteiger partial charge in [-0.2, -0.15) is 0 Å². The summed E-state index contributed by atoms with van der Waals surface area (Å²) in [6.45, 7) is 3.67. The van der Waals surface area contributed by atoms with Crippen LogP contribution >= 0.6 is 0 Å². The maximum atomic E-state index is 12.1. The van der Waals surface area contributed by atoms with Crippen LogP contribution in [-0.4, -0.2) is 66.9 Å². The fraction of sp³-hybridized carbons (Fsp3) is 0.857. The summed E-state index contributed by atoms with van der Waals surface area (Å²) in [6.07, 6.45) is 3.61. The van der Waals surface area contributed by atoms with Gasteiger partial charge in [0, 0.05) is 18.5 Å². The van der Waals surface area contributed by atoms with Crippen LogP contribution in [0.15, 0.2) is 0 Å². The normalized spacial score (nSPS) is 29.8. The van der Waals surface area contributed by atoms with E-state index in [0.717, 1.165) is 32.4 Å². The third-order valence-corrected chi connectivity index (χ3v) is 4.54. The number of Topliss-reactive ketones (excluding diaryl/α,β-unsaturated/α-hetero) is 1. The van der Waals surface area contributed by atoms with Gasteiger partial charge in [0.15, 0.2) is 11.8 Å². The zero-order chi connectivity index (χ0) is 14.0. The zero-order valence-corrected chi connectivity index (χ0v) is 12.1. The second kappa shape index (κ2) is 6.01. The highest BCUT2D eigenvalue weighted by Crippen LogP contribution is 2.31. The average Bonchev–Trinajstić information content (AvgIpc) is 2.81. The molecule has 2 fully saturated rings. The highest BCUT2D eigenvalue weighted by atomic mass is 16.5. The molecule has 0 aromatic rings. The molecule has 0 N–H and O–H groups in total. The predicted octanol–water partition coefficient (Wildman–Crippen LogP) is 0.676. The summed E-state index contributed by atoms with van der Waals surface area (Å²) in [5.41, 5.74) is 0. The van der Waals surface area contributed by atoms with Crippen LogP contribution in [0.25, 0.3) is 0 Å². The summed E-state index contributed by atoms with van der Waals surface area (Å²) in [5.74, 6) is -0.427. The first-order valence-corrected chi connectivity index (χ1v) is 7.16. The molecule has 19 heavy (non-hydrogen) atoms. The molecule has 0 aromatic carbocycles. The number of ether oxygens (including phenoxy) is 1. The van der Waals surface area contributed by atoms with Gasteiger partial charge in [-0.3, -0.25) is 9.69 Å². The first-order chi connectivity index (χ1) is 9.10. The maximum absolute atomic E-state index is 12.1. The first kappa shape index (κ1) is 14.5. The number of likely N-dealkylation sites (tertiary alicyclic amines) is 2. The van der Waals surface area contributed by atoms with E-state index in [-0.39, 0.29) is 5.78 Å². The van der Waals surface area contributed by atoms with E-state index >= 15 is 0 Å². The number of carbonyl (C=O) groups is 2. The van der Waals surface area contributed by atoms with Crippen LogP contribution in [0.4, 0.5) is 0 Å². The number of esters is 1. The van der Waals surface area contributed by atoms with Crippen LogP contribution in [0.3, 0.4) is 0 Å². The Kier molecular flexibility index (Phi) is 4.58. The van der Waals surface area contributed by atoms with Crippen molar-refractivity contribution in [3.8, 4) is 0 Å². The minimum Gasteiger partial charge on any atom is -0.468 e. The lowest BCUT2D eigenvalue weighted by Crippen LogP contribution is -2.58. The van der Waals surface area contributed by atoms with Crippen LogP contribution in [0.2, 0.25) is 0 Å². The second-order valence-corrected chi connectivity index (χ2v) is 5.53. The third-order valence-electron chi connectivity index (χ3n) is 4.54. The highest BCUT2D eigenvalue weighted by molar-refractivity contribution is 6.03. The van der Waals surface area contributed by atoms with Crippen molar-refractivity contribution >= 4 is 11.8 Å². The molecule has 0 aromatic heterocycles. The lowest BCUT2D eigenvalue weighted by Gasteiger charge is -2.41. The van der Waals surface area contributed by atoms with Crippen molar-refractivity contribution in [3.05, 3.63) is 0 Å². The molecule has 108 valence electrons. The van der Waals surface area contributed by atoms with Gasteiger partial charge in [-0.25, -0.2) is 4.79 Å². The number of likely N-dealkylation sites (N-methyl/N-ethyl adjacent to an activating group) is 1. The predicted molar refractivity (Wildman–Crippen MR) is 71.9 cm³/mol. The number of methoxy groups -OCH3 is 1. The molecular formula is C14H24N2O3. The molecule has 3 atom stereocenters. The van der Waals surface area contributed by atoms with Gasteiger partial charge in [0.25, 0.3) is 0 Å². The Hall–Kier alpha value is -0.940. The first-order valence-electron chi connectivity index (χ1n) is 7.16. The largest absolute Gasteiger partial charge is 0.468 e. The Balaban J connectivity index is 2.20. The molecule has 0 aliphatic carbocycles. The van der Waals surface area contributed by atoms with Gasteiger partial charge in [-0.1, -0.05) is 6.92 Å². The molecule has 2 heterocycles. The summed E-state index contributed by atoms with van der Waals surface area (Å²) in [6, 6.07) is 0.0956. The quantitative estimate of drug-likeness (QED) is 0.554. The van der Waals surface area contributed by atoms with Gasteiger partial charge in [0.05, 0.1) is 7.11 Å². The molecule has 5 heteroatoms. The molecule has 0 spiro atoms. The molecular weight excluding hydrogens is 244 g/mol. The number of fused-ring (bicyclic) bond motifs is 1. The number of rotatable bonds is 4. The molecule has 5 nitrogen and oxygen atoms in total. The highest BCUT2D eigenvalue weighted by Gasteiger charge is 2.45. The smallest absolute Gasteiger partial charge is 0.330 e. The van der Waals surface area contributed by atoms with Crippen molar-refractivity contribution in [2.75, 3.05) is 27.2 Å². The SMILES string of the molecule is CCC(=O)C(C(=O)OC)N1CCCC2C1CCN2C. The van der Waals surface area contributed by atoms with Crippen LogP contribution < -0.4 is 0 Å². The zero-order valence-electron chi connectivity index (χ0n) is 12.1. The summed E-state index contributed by atoms with van der Waals surface area (Å²) < 4.78 is 4.85. The van der Waals surface area contributed by atoms with Gasteiger partial charge in [-0.15, -0.1) is 0 Å². The monoisotopic (exact) mass is 268 g/mol. The van der Waals surface area contributed by atoms with Crippen molar-refractivity contribution in [1.82, 2.24) is 9.80 Å². The molecule has 0 saturated carbocycles. The average molecular weight is 268 g/mol. The lowest BCUT2D eigenvalue weighted by atomic mass is 9.93. The van der Waals surface area contributed by atoms with Crippen LogP contribution in [0.5, 0.6) is 0 Å². The Labute approximate surface area is 114 Å². The van der Waals surface area contributed by atoms with Crippen molar-refractivity contribution in [1.29, 1.82) is 0 Å². The topological polar surface area (TPSA) is 49.9 Å². The third kappa shape index (κ3) is 2.67. The second-order valence-electron chi connectivity index (χ2n) is 5.53. The van der Waals surface area contributed by atoms with Crippen molar-refractivity contribution in [3.63, 3.8) is 0 Å². The molecule has 2 saturated heterocycles. The Morgan fingerprint density at radius 2 is 2.00 bits per heavy atom. The molecule has 0 amide bonds. The van der Waals surface area contributed by atoms with E-state index < -0.39 is 12.0 Å². The summed E-state index contributed by atoms with van der Waals surface area (Å²) in [4.78, 5) is 28.6. The van der Waals surface area contributed by atoms with Crippen LogP contribution in [0.1, 0.15) is 32.6 Å². The minimum absolute atomic E-state index is 0.0259. The van der Waals surface area contributed by atoms with Crippen LogP contribution in [-0.2, 0) is 14.3 Å². The molecule has 2 aliphatic rings. The van der Waals surface area contributed by atoms with E-state index in [1.54, 1.807) is 6.92 Å². The summed E-state index contributed by atoms with van der Waals surface area (Å²) >= 11 is 0. The Bertz CT molecular complexity index is 343. The summed E-state index contributed by atoms with van der Waals surface area (Å²) in [7, 11) is 3.49. The maximum Gasteiger partial charge on any atom is 0.330 e. The number of hydrogen-bond acceptors (Lipinski definition) is 5. The van der Waals surface area contributed by atoms with Crippen molar-refractivity contribution < 1.29 is 14.3 Å². The molecule has 2 aliphatic heterocycles. The standard InChI is InChI=1S/C14H24N2O3/c1-4-12(17)13(14(18)19-3)16-8-5-6-10-11(16)7-9-15(10)2/h10-11,13H,4-9H2,1-3H3. The Morgan fingerprint density at radius 1 is 1.26 bits per heavy atom. The van der Waals surface area contributed by atoms with Gasteiger partial charge in [0.1, 0.15) is 0 Å². The van der Waals surface area contributed by atoms with E-state index in [1.165, 1.54) is 7.11 Å². The molecule has 0 radical (unpaired) electrons. The van der Waals surface area contributed by atoms with Gasteiger partial charge in [-0.05, 0) is 39.4 Å². The molecule has 3 unspecified atom stereocenters. The van der Waals surface area contributed by atoms with E-state index in [4.69, 9.17) is 4.74 Å². The van der Waals surface area contributed by atoms with Crippen molar-refractivity contribution in [2.45, 2.75) is 50.7 Å². The lowest BCUT2D eigenvalue weighted by molar-refractivity contribution is -0.153. The van der Waals surface area contributed by atoms with Gasteiger partial charge < -0.3 is 9.64 Å². The fourth-order valence-electron chi connectivity index (χ4n) is 3.51. The number of carbonyl (C=O) groups excluding carboxylic acids is 2.